The third-order valence-electron chi connectivity index (χ3n) is 3.32. The summed E-state index contributed by atoms with van der Waals surface area (Å²) in [4.78, 5) is 0. The van der Waals surface area contributed by atoms with Crippen LogP contribution in [0.5, 0.6) is 0 Å². The van der Waals surface area contributed by atoms with Gasteiger partial charge in [-0.2, -0.15) is 37.9 Å². The van der Waals surface area contributed by atoms with Crippen LogP contribution in [0.4, 0.5) is 0 Å². The Morgan fingerprint density at radius 2 is 1.12 bits per heavy atom. The number of hydrogen-bond acceptors (Lipinski definition) is 3. The van der Waals surface area contributed by atoms with Crippen molar-refractivity contribution >= 4 is 37.9 Å². The van der Waals surface area contributed by atoms with Gasteiger partial charge in [0.25, 0.3) is 0 Å². The molecule has 0 saturated carbocycles. The van der Waals surface area contributed by atoms with Crippen molar-refractivity contribution in [3.05, 3.63) is 0 Å². The Bertz CT molecular complexity index is 136. The van der Waals surface area contributed by atoms with Gasteiger partial charge in [0, 0.05) is 0 Å². The summed E-state index contributed by atoms with van der Waals surface area (Å²) in [6.07, 6.45) is 10.8. The smallest absolute Gasteiger partial charge is 0.00255 e. The van der Waals surface area contributed by atoms with Crippen LogP contribution >= 0.6 is 37.9 Å². The Morgan fingerprint density at radius 1 is 0.688 bits per heavy atom. The minimum Gasteiger partial charge on any atom is -0.179 e. The average molecular weight is 281 g/mol. The predicted octanol–water partition coefficient (Wildman–Crippen LogP) is 4.90. The van der Waals surface area contributed by atoms with Gasteiger partial charge in [-0.25, -0.2) is 0 Å². The van der Waals surface area contributed by atoms with Crippen molar-refractivity contribution in [3.8, 4) is 0 Å². The maximum Gasteiger partial charge on any atom is -0.00255 e. The van der Waals surface area contributed by atoms with Gasteiger partial charge in [-0.05, 0) is 29.1 Å². The molecule has 0 aromatic heterocycles. The van der Waals surface area contributed by atoms with Crippen molar-refractivity contribution < 1.29 is 0 Å². The van der Waals surface area contributed by atoms with E-state index in [9.17, 15) is 0 Å². The summed E-state index contributed by atoms with van der Waals surface area (Å²) >= 11 is 13.3. The normalized spacial score (nSPS) is 12.0. The van der Waals surface area contributed by atoms with E-state index in [1.54, 1.807) is 0 Å². The van der Waals surface area contributed by atoms with Gasteiger partial charge in [0.2, 0.25) is 0 Å². The standard InChI is InChI=1S/C13H28S3/c1-2-3-4-5-6-7-8-9-13(10-14,11-15)12-16/h14-16H,2-12H2,1H3. The van der Waals surface area contributed by atoms with Crippen molar-refractivity contribution in [2.24, 2.45) is 5.41 Å². The van der Waals surface area contributed by atoms with E-state index in [2.05, 4.69) is 44.8 Å². The molecule has 0 unspecified atom stereocenters. The monoisotopic (exact) mass is 280 g/mol. The summed E-state index contributed by atoms with van der Waals surface area (Å²) in [6, 6.07) is 0. The fourth-order valence-electron chi connectivity index (χ4n) is 1.84. The van der Waals surface area contributed by atoms with Crippen molar-refractivity contribution in [2.75, 3.05) is 17.3 Å². The van der Waals surface area contributed by atoms with Crippen LogP contribution in [0, 0.1) is 5.41 Å². The van der Waals surface area contributed by atoms with Crippen LogP contribution in [-0.2, 0) is 0 Å². The molecule has 0 rings (SSSR count). The van der Waals surface area contributed by atoms with Crippen LogP contribution < -0.4 is 0 Å². The first-order valence-corrected chi connectivity index (χ1v) is 8.47. The molecule has 0 heterocycles. The fraction of sp³-hybridized carbons (Fsp3) is 1.00. The molecule has 0 spiro atoms. The molecular formula is C13H28S3. The van der Waals surface area contributed by atoms with Gasteiger partial charge in [-0.3, -0.25) is 0 Å². The molecule has 0 N–H and O–H groups in total. The highest BCUT2D eigenvalue weighted by atomic mass is 32.1. The first-order valence-electron chi connectivity index (χ1n) is 6.57. The van der Waals surface area contributed by atoms with Crippen LogP contribution in [0.25, 0.3) is 0 Å². The summed E-state index contributed by atoms with van der Waals surface area (Å²) in [5.41, 5.74) is 0.263. The minimum absolute atomic E-state index is 0.263. The Balaban J connectivity index is 3.48. The second-order valence-corrected chi connectivity index (χ2v) is 5.79. The Labute approximate surface area is 119 Å². The molecule has 0 radical (unpaired) electrons. The molecule has 0 atom stereocenters. The van der Waals surface area contributed by atoms with Gasteiger partial charge in [0.1, 0.15) is 0 Å². The van der Waals surface area contributed by atoms with E-state index in [-0.39, 0.29) is 5.41 Å². The lowest BCUT2D eigenvalue weighted by molar-refractivity contribution is 0.383. The molecule has 0 aromatic carbocycles. The third kappa shape index (κ3) is 7.39. The Kier molecular flexibility index (Phi) is 11.9. The SMILES string of the molecule is CCCCCCCCCC(CS)(CS)CS. The highest BCUT2D eigenvalue weighted by Gasteiger charge is 2.24. The zero-order valence-electron chi connectivity index (χ0n) is 10.6. The van der Waals surface area contributed by atoms with Crippen LogP contribution in [0.2, 0.25) is 0 Å². The van der Waals surface area contributed by atoms with Crippen LogP contribution in [0.3, 0.4) is 0 Å². The van der Waals surface area contributed by atoms with Crippen molar-refractivity contribution in [2.45, 2.75) is 58.3 Å². The van der Waals surface area contributed by atoms with Gasteiger partial charge in [0.15, 0.2) is 0 Å². The number of rotatable bonds is 11. The minimum atomic E-state index is 0.263. The van der Waals surface area contributed by atoms with E-state index in [0.717, 1.165) is 17.3 Å². The van der Waals surface area contributed by atoms with Crippen molar-refractivity contribution in [1.82, 2.24) is 0 Å². The molecule has 0 aliphatic carbocycles. The average Bonchev–Trinajstić information content (AvgIpc) is 2.34. The van der Waals surface area contributed by atoms with Crippen molar-refractivity contribution in [3.63, 3.8) is 0 Å². The third-order valence-corrected chi connectivity index (χ3v) is 5.33. The molecular weight excluding hydrogens is 252 g/mol. The Hall–Kier alpha value is 1.05. The topological polar surface area (TPSA) is 0 Å². The van der Waals surface area contributed by atoms with Crippen molar-refractivity contribution in [1.29, 1.82) is 0 Å². The molecule has 0 saturated heterocycles. The first kappa shape index (κ1) is 17.1. The summed E-state index contributed by atoms with van der Waals surface area (Å²) in [5.74, 6) is 2.74. The summed E-state index contributed by atoms with van der Waals surface area (Å²) in [5, 5.41) is 0. The second kappa shape index (κ2) is 11.2. The van der Waals surface area contributed by atoms with Crippen LogP contribution in [-0.4, -0.2) is 17.3 Å². The molecule has 0 nitrogen and oxygen atoms in total. The van der Waals surface area contributed by atoms with E-state index in [1.807, 2.05) is 0 Å². The lowest BCUT2D eigenvalue weighted by Crippen LogP contribution is -2.27. The Morgan fingerprint density at radius 3 is 1.56 bits per heavy atom. The maximum absolute atomic E-state index is 4.43. The molecule has 0 aliphatic rings. The molecule has 0 aliphatic heterocycles. The van der Waals surface area contributed by atoms with E-state index < -0.39 is 0 Å². The highest BCUT2D eigenvalue weighted by molar-refractivity contribution is 7.82. The molecule has 16 heavy (non-hydrogen) atoms. The quantitative estimate of drug-likeness (QED) is 0.348. The summed E-state index contributed by atoms with van der Waals surface area (Å²) in [6.45, 7) is 2.26. The van der Waals surface area contributed by atoms with E-state index in [4.69, 9.17) is 0 Å². The second-order valence-electron chi connectivity index (χ2n) is 4.85. The molecule has 0 fully saturated rings. The van der Waals surface area contributed by atoms with E-state index in [1.165, 1.54) is 51.4 Å². The molecule has 3 heteroatoms. The predicted molar refractivity (Wildman–Crippen MR) is 86.6 cm³/mol. The number of hydrogen-bond donors (Lipinski definition) is 3. The maximum atomic E-state index is 4.43. The fourth-order valence-corrected chi connectivity index (χ4v) is 3.52. The van der Waals surface area contributed by atoms with Gasteiger partial charge < -0.3 is 0 Å². The zero-order valence-corrected chi connectivity index (χ0v) is 13.3. The van der Waals surface area contributed by atoms with E-state index >= 15 is 0 Å². The number of unbranched alkanes of at least 4 members (excludes halogenated alkanes) is 6. The molecule has 0 aromatic rings. The summed E-state index contributed by atoms with van der Waals surface area (Å²) < 4.78 is 0. The van der Waals surface area contributed by atoms with Crippen LogP contribution in [0.15, 0.2) is 0 Å². The van der Waals surface area contributed by atoms with Gasteiger partial charge in [0.05, 0.1) is 0 Å². The summed E-state index contributed by atoms with van der Waals surface area (Å²) in [7, 11) is 0. The van der Waals surface area contributed by atoms with Crippen LogP contribution in [0.1, 0.15) is 58.3 Å². The molecule has 0 bridgehead atoms. The zero-order chi connectivity index (χ0) is 12.3. The van der Waals surface area contributed by atoms with E-state index in [0.29, 0.717) is 0 Å². The largest absolute Gasteiger partial charge is 0.179 e. The molecule has 0 amide bonds. The van der Waals surface area contributed by atoms with Gasteiger partial charge in [-0.15, -0.1) is 0 Å². The van der Waals surface area contributed by atoms with Gasteiger partial charge in [-0.1, -0.05) is 51.9 Å². The lowest BCUT2D eigenvalue weighted by Gasteiger charge is -2.28. The first-order chi connectivity index (χ1) is 7.74. The lowest BCUT2D eigenvalue weighted by atomic mass is 9.88. The van der Waals surface area contributed by atoms with Gasteiger partial charge >= 0.3 is 0 Å². The number of thiol groups is 3. The highest BCUT2D eigenvalue weighted by Crippen LogP contribution is 2.29. The molecule has 98 valence electrons.